The van der Waals surface area contributed by atoms with Crippen LogP contribution in [0.1, 0.15) is 72.9 Å². The summed E-state index contributed by atoms with van der Waals surface area (Å²) in [6.45, 7) is 15.9. The Bertz CT molecular complexity index is 1660. The maximum atomic E-state index is 6.38. The Labute approximate surface area is 314 Å². The van der Waals surface area contributed by atoms with E-state index in [0.717, 1.165) is 24.7 Å². The first-order valence-corrected chi connectivity index (χ1v) is 19.2. The molecule has 8 heteroatoms. The van der Waals surface area contributed by atoms with E-state index in [-0.39, 0.29) is 24.0 Å². The van der Waals surface area contributed by atoms with E-state index in [2.05, 4.69) is 113 Å². The highest BCUT2D eigenvalue weighted by molar-refractivity contribution is 5.86. The second kappa shape index (κ2) is 17.6. The third-order valence-corrected chi connectivity index (χ3v) is 10.2. The molecule has 2 atom stereocenters. The molecule has 7 rings (SSSR count). The van der Waals surface area contributed by atoms with Gasteiger partial charge in [0.25, 0.3) is 0 Å². The first-order valence-electron chi connectivity index (χ1n) is 19.2. The smallest absolute Gasteiger partial charge is 0.122 e. The lowest BCUT2D eigenvalue weighted by Gasteiger charge is -2.35. The van der Waals surface area contributed by atoms with E-state index in [4.69, 9.17) is 37.9 Å². The van der Waals surface area contributed by atoms with Crippen LogP contribution in [0.15, 0.2) is 84.9 Å². The summed E-state index contributed by atoms with van der Waals surface area (Å²) in [5.41, 5.74) is 9.31. The molecule has 0 saturated carbocycles. The van der Waals surface area contributed by atoms with Crippen molar-refractivity contribution in [2.24, 2.45) is 0 Å². The van der Waals surface area contributed by atoms with Crippen LogP contribution < -0.4 is 9.47 Å². The van der Waals surface area contributed by atoms with Crippen molar-refractivity contribution in [1.29, 1.82) is 0 Å². The van der Waals surface area contributed by atoms with E-state index in [1.165, 1.54) is 44.5 Å². The van der Waals surface area contributed by atoms with Crippen molar-refractivity contribution in [3.63, 3.8) is 0 Å². The number of hydrogen-bond acceptors (Lipinski definition) is 8. The van der Waals surface area contributed by atoms with Crippen molar-refractivity contribution in [1.82, 2.24) is 0 Å². The van der Waals surface area contributed by atoms with Gasteiger partial charge in [-0.05, 0) is 68.5 Å². The maximum Gasteiger partial charge on any atom is 0.122 e. The number of epoxide rings is 2. The Morgan fingerprint density at radius 3 is 1.34 bits per heavy atom. The molecular formula is C45H54O8. The predicted octanol–water partition coefficient (Wildman–Crippen LogP) is 7.92. The van der Waals surface area contributed by atoms with E-state index in [9.17, 15) is 0 Å². The lowest BCUT2D eigenvalue weighted by atomic mass is 9.66. The Kier molecular flexibility index (Phi) is 12.5. The molecule has 2 heterocycles. The molecule has 0 bridgehead atoms. The number of fused-ring (bicyclic) bond motifs is 3. The Balaban J connectivity index is 1.15. The molecule has 2 fully saturated rings. The van der Waals surface area contributed by atoms with Gasteiger partial charge < -0.3 is 37.9 Å². The lowest BCUT2D eigenvalue weighted by molar-refractivity contribution is 0.0316. The van der Waals surface area contributed by atoms with E-state index in [1.807, 2.05) is 0 Å². The molecule has 282 valence electrons. The number of rotatable bonds is 22. The molecule has 3 aliphatic rings. The van der Waals surface area contributed by atoms with Gasteiger partial charge in [-0.1, -0.05) is 100 Å². The van der Waals surface area contributed by atoms with E-state index < -0.39 is 5.41 Å². The quantitative estimate of drug-likeness (QED) is 0.0527. The monoisotopic (exact) mass is 722 g/mol. The highest BCUT2D eigenvalue weighted by Crippen LogP contribution is 2.57. The molecule has 0 N–H and O–H groups in total. The Hall–Kier alpha value is -3.76. The normalized spacial score (nSPS) is 17.9. The molecule has 0 spiro atoms. The van der Waals surface area contributed by atoms with Crippen molar-refractivity contribution < 1.29 is 37.9 Å². The largest absolute Gasteiger partial charge is 0.491 e. The molecule has 4 aromatic carbocycles. The molecule has 4 aromatic rings. The highest BCUT2D eigenvalue weighted by atomic mass is 16.6. The lowest BCUT2D eigenvalue weighted by Crippen LogP contribution is -2.29. The second-order valence-electron chi connectivity index (χ2n) is 14.6. The highest BCUT2D eigenvalue weighted by Gasteiger charge is 2.46. The minimum atomic E-state index is -0.541. The predicted molar refractivity (Wildman–Crippen MR) is 206 cm³/mol. The average molecular weight is 723 g/mol. The molecule has 2 aliphatic heterocycles. The first kappa shape index (κ1) is 37.6. The van der Waals surface area contributed by atoms with Crippen molar-refractivity contribution in [3.8, 4) is 22.6 Å². The minimum absolute atomic E-state index is 0.246. The third kappa shape index (κ3) is 8.80. The van der Waals surface area contributed by atoms with Crippen molar-refractivity contribution in [2.75, 3.05) is 79.3 Å². The van der Waals surface area contributed by atoms with Gasteiger partial charge in [0.2, 0.25) is 0 Å². The standard InChI is InChI=1S/C45H54O8/c1-31(2)39-25-33(13-15-43(39)50-23-21-46-17-19-48-27-35-29-52-35)45(41-11-7-5-9-37(41)38-10-6-8-12-42(38)45)34-14-16-44(40(26-34)32(3)4)51-24-22-47-18-20-49-28-36-30-53-36/h5-16,25-26,31-32,35-36H,17-24,27-30H2,1-4H3. The summed E-state index contributed by atoms with van der Waals surface area (Å²) >= 11 is 0. The first-order chi connectivity index (χ1) is 26.0. The Morgan fingerprint density at radius 2 is 0.925 bits per heavy atom. The fourth-order valence-corrected chi connectivity index (χ4v) is 7.37. The zero-order chi connectivity index (χ0) is 36.6. The van der Waals surface area contributed by atoms with Crippen LogP contribution in [0.25, 0.3) is 11.1 Å². The van der Waals surface area contributed by atoms with Crippen LogP contribution in [0.2, 0.25) is 0 Å². The molecule has 53 heavy (non-hydrogen) atoms. The van der Waals surface area contributed by atoms with Gasteiger partial charge >= 0.3 is 0 Å². The second-order valence-corrected chi connectivity index (χ2v) is 14.6. The maximum absolute atomic E-state index is 6.38. The summed E-state index contributed by atoms with van der Waals surface area (Å²) in [7, 11) is 0. The average Bonchev–Trinajstić information content (AvgIpc) is 4.12. The molecule has 2 unspecified atom stereocenters. The SMILES string of the molecule is CC(C)c1cc(C2(c3ccc(OCCOCCOCC4CO4)c(C(C)C)c3)c3ccccc3-c3ccccc32)ccc1OCCOCCOCC1CO1. The van der Waals surface area contributed by atoms with Gasteiger partial charge in [0.05, 0.1) is 71.5 Å². The molecule has 2 saturated heterocycles. The summed E-state index contributed by atoms with van der Waals surface area (Å²) in [5.74, 6) is 2.27. The van der Waals surface area contributed by atoms with Crippen LogP contribution in [-0.2, 0) is 33.8 Å². The molecule has 8 nitrogen and oxygen atoms in total. The van der Waals surface area contributed by atoms with Crippen LogP contribution in [0.5, 0.6) is 11.5 Å². The van der Waals surface area contributed by atoms with Crippen LogP contribution >= 0.6 is 0 Å². The molecule has 0 radical (unpaired) electrons. The summed E-state index contributed by atoms with van der Waals surface area (Å²) in [4.78, 5) is 0. The fourth-order valence-electron chi connectivity index (χ4n) is 7.37. The van der Waals surface area contributed by atoms with E-state index in [0.29, 0.717) is 66.1 Å². The van der Waals surface area contributed by atoms with Gasteiger partial charge in [-0.25, -0.2) is 0 Å². The number of ether oxygens (including phenoxy) is 8. The molecule has 0 aromatic heterocycles. The van der Waals surface area contributed by atoms with E-state index in [1.54, 1.807) is 0 Å². The number of hydrogen-bond donors (Lipinski definition) is 0. The van der Waals surface area contributed by atoms with Gasteiger partial charge in [0.15, 0.2) is 0 Å². The van der Waals surface area contributed by atoms with Gasteiger partial charge in [-0.15, -0.1) is 0 Å². The van der Waals surface area contributed by atoms with Crippen LogP contribution in [0.3, 0.4) is 0 Å². The zero-order valence-electron chi connectivity index (χ0n) is 31.6. The Morgan fingerprint density at radius 1 is 0.528 bits per heavy atom. The van der Waals surface area contributed by atoms with E-state index >= 15 is 0 Å². The van der Waals surface area contributed by atoms with Crippen LogP contribution in [-0.4, -0.2) is 91.5 Å². The molecule has 1 aliphatic carbocycles. The van der Waals surface area contributed by atoms with Crippen molar-refractivity contribution >= 4 is 0 Å². The molecule has 0 amide bonds. The van der Waals surface area contributed by atoms with Gasteiger partial charge in [-0.2, -0.15) is 0 Å². The fraction of sp³-hybridized carbons (Fsp3) is 0.467. The van der Waals surface area contributed by atoms with Crippen molar-refractivity contribution in [2.45, 2.75) is 57.2 Å². The summed E-state index contributed by atoms with van der Waals surface area (Å²) in [6, 6.07) is 31.3. The van der Waals surface area contributed by atoms with Gasteiger partial charge in [0, 0.05) is 0 Å². The van der Waals surface area contributed by atoms with Crippen LogP contribution in [0.4, 0.5) is 0 Å². The molecular weight excluding hydrogens is 668 g/mol. The minimum Gasteiger partial charge on any atom is -0.491 e. The number of benzene rings is 4. The topological polar surface area (TPSA) is 80.4 Å². The summed E-state index contributed by atoms with van der Waals surface area (Å²) < 4.78 is 45.9. The summed E-state index contributed by atoms with van der Waals surface area (Å²) in [5, 5.41) is 0. The van der Waals surface area contributed by atoms with Crippen LogP contribution in [0, 0.1) is 0 Å². The van der Waals surface area contributed by atoms with Gasteiger partial charge in [0.1, 0.15) is 36.9 Å². The third-order valence-electron chi connectivity index (χ3n) is 10.2. The van der Waals surface area contributed by atoms with Gasteiger partial charge in [-0.3, -0.25) is 0 Å². The van der Waals surface area contributed by atoms with Crippen molar-refractivity contribution in [3.05, 3.63) is 118 Å². The zero-order valence-corrected chi connectivity index (χ0v) is 31.6. The summed E-state index contributed by atoms with van der Waals surface area (Å²) in [6.07, 6.45) is 0.539.